The maximum Gasteiger partial charge on any atom is 0.322 e. The van der Waals surface area contributed by atoms with Crippen LogP contribution in [-0.4, -0.2) is 23.1 Å². The molecule has 0 spiro atoms. The normalized spacial score (nSPS) is 10.4. The van der Waals surface area contributed by atoms with Gasteiger partial charge in [-0.25, -0.2) is 9.18 Å². The highest BCUT2D eigenvalue weighted by Gasteiger charge is 2.13. The van der Waals surface area contributed by atoms with Gasteiger partial charge in [-0.1, -0.05) is 16.8 Å². The molecule has 2 rings (SSSR count). The van der Waals surface area contributed by atoms with Crippen LogP contribution in [0.3, 0.4) is 0 Å². The molecular formula is C13H13ClFN3O2. The Morgan fingerprint density at radius 2 is 2.25 bits per heavy atom. The molecule has 2 aromatic rings. The summed E-state index contributed by atoms with van der Waals surface area (Å²) in [6, 6.07) is 5.32. The standard InChI is InChI=1S/C13H13ClFN3O2/c1-8-5-10(17-20-8)7-18(2)13(19)16-12-4-3-9(14)6-11(12)15/h3-6H,7H2,1-2H3,(H,16,19). The molecule has 20 heavy (non-hydrogen) atoms. The zero-order valence-corrected chi connectivity index (χ0v) is 11.7. The molecule has 2 amide bonds. The van der Waals surface area contributed by atoms with Gasteiger partial charge in [0.05, 0.1) is 12.2 Å². The third-order valence-electron chi connectivity index (χ3n) is 2.60. The molecule has 0 fully saturated rings. The summed E-state index contributed by atoms with van der Waals surface area (Å²) < 4.78 is 18.5. The molecule has 0 atom stereocenters. The van der Waals surface area contributed by atoms with Crippen LogP contribution in [0.2, 0.25) is 5.02 Å². The van der Waals surface area contributed by atoms with Crippen molar-refractivity contribution >= 4 is 23.3 Å². The summed E-state index contributed by atoms with van der Waals surface area (Å²) in [7, 11) is 1.58. The fourth-order valence-electron chi connectivity index (χ4n) is 1.61. The topological polar surface area (TPSA) is 58.4 Å². The van der Waals surface area contributed by atoms with E-state index in [1.807, 2.05) is 0 Å². The molecule has 0 radical (unpaired) electrons. The minimum absolute atomic E-state index is 0.0718. The van der Waals surface area contributed by atoms with E-state index in [4.69, 9.17) is 16.1 Å². The minimum atomic E-state index is -0.587. The van der Waals surface area contributed by atoms with Gasteiger partial charge < -0.3 is 14.7 Å². The van der Waals surface area contributed by atoms with Crippen LogP contribution >= 0.6 is 11.6 Å². The number of anilines is 1. The first kappa shape index (κ1) is 14.3. The lowest BCUT2D eigenvalue weighted by molar-refractivity contribution is 0.219. The van der Waals surface area contributed by atoms with Crippen LogP contribution in [0, 0.1) is 12.7 Å². The third kappa shape index (κ3) is 3.48. The van der Waals surface area contributed by atoms with Gasteiger partial charge in [0.1, 0.15) is 17.3 Å². The van der Waals surface area contributed by atoms with E-state index in [9.17, 15) is 9.18 Å². The van der Waals surface area contributed by atoms with Gasteiger partial charge in [0.15, 0.2) is 0 Å². The van der Waals surface area contributed by atoms with Crippen molar-refractivity contribution in [1.29, 1.82) is 0 Å². The van der Waals surface area contributed by atoms with Crippen molar-refractivity contribution < 1.29 is 13.7 Å². The highest BCUT2D eigenvalue weighted by molar-refractivity contribution is 6.30. The zero-order valence-electron chi connectivity index (χ0n) is 11.0. The second-order valence-electron chi connectivity index (χ2n) is 4.34. The monoisotopic (exact) mass is 297 g/mol. The summed E-state index contributed by atoms with van der Waals surface area (Å²) in [5.74, 6) is 0.0779. The summed E-state index contributed by atoms with van der Waals surface area (Å²) >= 11 is 5.64. The summed E-state index contributed by atoms with van der Waals surface area (Å²) in [4.78, 5) is 13.3. The quantitative estimate of drug-likeness (QED) is 0.944. The van der Waals surface area contributed by atoms with Gasteiger partial charge in [-0.15, -0.1) is 0 Å². The summed E-state index contributed by atoms with van der Waals surface area (Å²) in [6.45, 7) is 2.03. The van der Waals surface area contributed by atoms with Gasteiger partial charge in [-0.2, -0.15) is 0 Å². The lowest BCUT2D eigenvalue weighted by atomic mass is 10.3. The lowest BCUT2D eigenvalue weighted by Crippen LogP contribution is -2.31. The fraction of sp³-hybridized carbons (Fsp3) is 0.231. The fourth-order valence-corrected chi connectivity index (χ4v) is 1.77. The van der Waals surface area contributed by atoms with Gasteiger partial charge >= 0.3 is 6.03 Å². The minimum Gasteiger partial charge on any atom is -0.361 e. The number of amides is 2. The number of nitrogens with one attached hydrogen (secondary N) is 1. The van der Waals surface area contributed by atoms with Gasteiger partial charge in [0.2, 0.25) is 0 Å². The van der Waals surface area contributed by atoms with E-state index in [-0.39, 0.29) is 17.3 Å². The Balaban J connectivity index is 2.00. The average molecular weight is 298 g/mol. The summed E-state index contributed by atoms with van der Waals surface area (Å²) in [5.41, 5.74) is 0.694. The molecule has 0 saturated carbocycles. The SMILES string of the molecule is Cc1cc(CN(C)C(=O)Nc2ccc(Cl)cc2F)no1. The molecule has 0 aliphatic heterocycles. The molecular weight excluding hydrogens is 285 g/mol. The number of rotatable bonds is 3. The molecule has 1 heterocycles. The first-order chi connectivity index (χ1) is 9.45. The smallest absolute Gasteiger partial charge is 0.322 e. The van der Waals surface area contributed by atoms with Crippen LogP contribution in [0.15, 0.2) is 28.8 Å². The van der Waals surface area contributed by atoms with Crippen LogP contribution in [0.25, 0.3) is 0 Å². The second kappa shape index (κ2) is 5.92. The number of carbonyl (C=O) groups is 1. The second-order valence-corrected chi connectivity index (χ2v) is 4.78. The van der Waals surface area contributed by atoms with Crippen molar-refractivity contribution in [3.8, 4) is 0 Å². The molecule has 0 aliphatic rings. The molecule has 7 heteroatoms. The number of halogens is 2. The van der Waals surface area contributed by atoms with Gasteiger partial charge in [0, 0.05) is 18.1 Å². The largest absolute Gasteiger partial charge is 0.361 e. The van der Waals surface area contributed by atoms with Crippen molar-refractivity contribution in [2.45, 2.75) is 13.5 Å². The number of aromatic nitrogens is 1. The Morgan fingerprint density at radius 3 is 2.85 bits per heavy atom. The first-order valence-electron chi connectivity index (χ1n) is 5.85. The van der Waals surface area contributed by atoms with E-state index >= 15 is 0 Å². The Kier molecular flexibility index (Phi) is 4.24. The predicted molar refractivity (Wildman–Crippen MR) is 73.1 cm³/mol. The molecule has 1 N–H and O–H groups in total. The van der Waals surface area contributed by atoms with E-state index in [0.717, 1.165) is 6.07 Å². The van der Waals surface area contributed by atoms with E-state index in [0.29, 0.717) is 11.5 Å². The number of benzene rings is 1. The number of nitrogens with zero attached hydrogens (tertiary/aromatic N) is 2. The van der Waals surface area contributed by atoms with Crippen molar-refractivity contribution in [2.24, 2.45) is 0 Å². The molecule has 0 saturated heterocycles. The molecule has 0 unspecified atom stereocenters. The molecule has 5 nitrogen and oxygen atoms in total. The number of hydrogen-bond acceptors (Lipinski definition) is 3. The predicted octanol–water partition coefficient (Wildman–Crippen LogP) is 3.44. The van der Waals surface area contributed by atoms with Crippen molar-refractivity contribution in [1.82, 2.24) is 10.1 Å². The number of carbonyl (C=O) groups excluding carboxylic acids is 1. The summed E-state index contributed by atoms with van der Waals surface area (Å²) in [5, 5.41) is 6.52. The van der Waals surface area contributed by atoms with Crippen LogP contribution in [0.1, 0.15) is 11.5 Å². The molecule has 1 aromatic carbocycles. The van der Waals surface area contributed by atoms with Gasteiger partial charge in [-0.05, 0) is 25.1 Å². The van der Waals surface area contributed by atoms with Crippen LogP contribution < -0.4 is 5.32 Å². The highest BCUT2D eigenvalue weighted by Crippen LogP contribution is 2.19. The van der Waals surface area contributed by atoms with Crippen LogP contribution in [0.5, 0.6) is 0 Å². The van der Waals surface area contributed by atoms with E-state index in [2.05, 4.69) is 10.5 Å². The maximum atomic E-state index is 13.6. The third-order valence-corrected chi connectivity index (χ3v) is 2.83. The van der Waals surface area contributed by atoms with E-state index in [1.165, 1.54) is 17.0 Å². The van der Waals surface area contributed by atoms with Crippen molar-refractivity contribution in [3.05, 3.63) is 46.6 Å². The average Bonchev–Trinajstić information content (AvgIpc) is 2.78. The number of hydrogen-bond donors (Lipinski definition) is 1. The van der Waals surface area contributed by atoms with Crippen LogP contribution in [-0.2, 0) is 6.54 Å². The van der Waals surface area contributed by atoms with Crippen molar-refractivity contribution in [3.63, 3.8) is 0 Å². The lowest BCUT2D eigenvalue weighted by Gasteiger charge is -2.16. The highest BCUT2D eigenvalue weighted by atomic mass is 35.5. The molecule has 1 aromatic heterocycles. The molecule has 0 bridgehead atoms. The Bertz CT molecular complexity index is 630. The van der Waals surface area contributed by atoms with E-state index < -0.39 is 11.8 Å². The Morgan fingerprint density at radius 1 is 1.50 bits per heavy atom. The Hall–Kier alpha value is -2.08. The first-order valence-corrected chi connectivity index (χ1v) is 6.23. The number of aryl methyl sites for hydroxylation is 1. The molecule has 106 valence electrons. The van der Waals surface area contributed by atoms with Crippen molar-refractivity contribution in [2.75, 3.05) is 12.4 Å². The zero-order chi connectivity index (χ0) is 14.7. The van der Waals surface area contributed by atoms with Crippen LogP contribution in [0.4, 0.5) is 14.9 Å². The van der Waals surface area contributed by atoms with Gasteiger partial charge in [-0.3, -0.25) is 0 Å². The number of urea groups is 1. The molecule has 0 aliphatic carbocycles. The Labute approximate surface area is 120 Å². The van der Waals surface area contributed by atoms with Gasteiger partial charge in [0.25, 0.3) is 0 Å². The van der Waals surface area contributed by atoms with E-state index in [1.54, 1.807) is 20.0 Å². The maximum absolute atomic E-state index is 13.6. The summed E-state index contributed by atoms with van der Waals surface area (Å²) in [6.07, 6.45) is 0.